The highest BCUT2D eigenvalue weighted by Crippen LogP contribution is 2.37. The Morgan fingerprint density at radius 2 is 1.57 bits per heavy atom. The van der Waals surface area contributed by atoms with Gasteiger partial charge in [0.2, 0.25) is 11.8 Å². The first-order chi connectivity index (χ1) is 19.8. The van der Waals surface area contributed by atoms with Gasteiger partial charge in [0.1, 0.15) is 0 Å². The Balaban J connectivity index is 1.46. The zero-order valence-corrected chi connectivity index (χ0v) is 23.6. The zero-order chi connectivity index (χ0) is 30.5. The van der Waals surface area contributed by atoms with Gasteiger partial charge in [-0.2, -0.15) is 26.3 Å². The fourth-order valence-corrected chi connectivity index (χ4v) is 6.08. The number of nitrogens with one attached hydrogen (secondary N) is 2. The van der Waals surface area contributed by atoms with Gasteiger partial charge in [-0.1, -0.05) is 30.3 Å². The van der Waals surface area contributed by atoms with Gasteiger partial charge in [-0.3, -0.25) is 9.59 Å². The molecule has 2 amide bonds. The highest BCUT2D eigenvalue weighted by Gasteiger charge is 2.37. The van der Waals surface area contributed by atoms with Crippen LogP contribution in [0.2, 0.25) is 0 Å². The lowest BCUT2D eigenvalue weighted by molar-refractivity contribution is -0.143. The van der Waals surface area contributed by atoms with Gasteiger partial charge in [0.25, 0.3) is 0 Å². The smallest absolute Gasteiger partial charge is 0.351 e. The van der Waals surface area contributed by atoms with Gasteiger partial charge in [-0.15, -0.1) is 11.3 Å². The summed E-state index contributed by atoms with van der Waals surface area (Å²) >= 11 is 1.23. The minimum Gasteiger partial charge on any atom is -0.351 e. The number of halogens is 6. The highest BCUT2D eigenvalue weighted by atomic mass is 32.1. The number of hydrogen-bond donors (Lipinski definition) is 2. The molecule has 2 aromatic carbocycles. The second kappa shape index (κ2) is 13.3. The average molecular weight is 612 g/mol. The molecule has 0 saturated carbocycles. The van der Waals surface area contributed by atoms with Crippen molar-refractivity contribution >= 4 is 28.2 Å². The Hall–Kier alpha value is -3.38. The van der Waals surface area contributed by atoms with Crippen LogP contribution < -0.4 is 10.6 Å². The van der Waals surface area contributed by atoms with Crippen LogP contribution in [0.4, 0.5) is 31.3 Å². The summed E-state index contributed by atoms with van der Waals surface area (Å²) in [6.45, 7) is 3.09. The fourth-order valence-electron chi connectivity index (χ4n) is 5.18. The number of anilines is 1. The molecule has 4 rings (SSSR count). The lowest BCUT2D eigenvalue weighted by Crippen LogP contribution is -2.36. The third-order valence-electron chi connectivity index (χ3n) is 7.34. The van der Waals surface area contributed by atoms with Gasteiger partial charge in [0.05, 0.1) is 22.0 Å². The van der Waals surface area contributed by atoms with E-state index in [1.807, 2.05) is 18.2 Å². The summed E-state index contributed by atoms with van der Waals surface area (Å²) in [5, 5.41) is 7.47. The Bertz CT molecular complexity index is 1330. The normalized spacial score (nSPS) is 15.8. The van der Waals surface area contributed by atoms with Crippen LogP contribution in [0.1, 0.15) is 65.8 Å². The first-order valence-electron chi connectivity index (χ1n) is 13.5. The molecule has 1 atom stereocenters. The van der Waals surface area contributed by atoms with Crippen molar-refractivity contribution in [3.05, 3.63) is 87.8 Å². The maximum atomic E-state index is 13.4. The highest BCUT2D eigenvalue weighted by molar-refractivity contribution is 7.14. The van der Waals surface area contributed by atoms with Crippen LogP contribution in [-0.2, 0) is 28.5 Å². The van der Waals surface area contributed by atoms with Crippen LogP contribution in [0.25, 0.3) is 0 Å². The molecule has 1 aliphatic heterocycles. The maximum absolute atomic E-state index is 13.4. The lowest BCUT2D eigenvalue weighted by atomic mass is 9.89. The van der Waals surface area contributed by atoms with E-state index in [1.165, 1.54) is 23.8 Å². The van der Waals surface area contributed by atoms with Gasteiger partial charge < -0.3 is 15.5 Å². The Kier molecular flexibility index (Phi) is 9.98. The topological polar surface area (TPSA) is 61.4 Å². The number of likely N-dealkylation sites (tertiary alicyclic amines) is 1. The number of alkyl halides is 6. The van der Waals surface area contributed by atoms with Crippen molar-refractivity contribution in [2.45, 2.75) is 56.9 Å². The summed E-state index contributed by atoms with van der Waals surface area (Å²) in [4.78, 5) is 27.1. The van der Waals surface area contributed by atoms with Gasteiger partial charge in [0.15, 0.2) is 0 Å². The molecular formula is C30H31F6N3O2S. The number of rotatable bonds is 9. The molecule has 42 heavy (non-hydrogen) atoms. The second-order valence-electron chi connectivity index (χ2n) is 10.4. The van der Waals surface area contributed by atoms with E-state index in [0.29, 0.717) is 41.6 Å². The molecule has 5 nitrogen and oxygen atoms in total. The van der Waals surface area contributed by atoms with E-state index in [4.69, 9.17) is 0 Å². The lowest BCUT2D eigenvalue weighted by Gasteiger charge is -2.33. The summed E-state index contributed by atoms with van der Waals surface area (Å²) in [7, 11) is 0. The Morgan fingerprint density at radius 3 is 2.14 bits per heavy atom. The van der Waals surface area contributed by atoms with Gasteiger partial charge in [-0.25, -0.2) is 0 Å². The molecule has 0 spiro atoms. The third-order valence-corrected chi connectivity index (χ3v) is 8.21. The van der Waals surface area contributed by atoms with Crippen molar-refractivity contribution < 1.29 is 35.9 Å². The molecule has 1 saturated heterocycles. The van der Waals surface area contributed by atoms with E-state index >= 15 is 0 Å². The molecular weight excluding hydrogens is 580 g/mol. The van der Waals surface area contributed by atoms with E-state index in [9.17, 15) is 35.9 Å². The molecule has 1 fully saturated rings. The Morgan fingerprint density at radius 1 is 0.952 bits per heavy atom. The first kappa shape index (κ1) is 31.6. The second-order valence-corrected chi connectivity index (χ2v) is 11.3. The molecule has 0 bridgehead atoms. The minimum absolute atomic E-state index is 0.0595. The molecule has 2 N–H and O–H groups in total. The summed E-state index contributed by atoms with van der Waals surface area (Å²) in [6.07, 6.45) is -7.65. The summed E-state index contributed by atoms with van der Waals surface area (Å²) < 4.78 is 79.7. The van der Waals surface area contributed by atoms with Crippen LogP contribution in [0.15, 0.2) is 60.0 Å². The first-order valence-corrected chi connectivity index (χ1v) is 14.4. The summed E-state index contributed by atoms with van der Waals surface area (Å²) in [5.74, 6) is -1.07. The number of hydrogen-bond acceptors (Lipinski definition) is 4. The van der Waals surface area contributed by atoms with Crippen LogP contribution in [0.5, 0.6) is 0 Å². The van der Waals surface area contributed by atoms with Crippen LogP contribution in [0, 0.1) is 0 Å². The number of piperidine rings is 1. The fraction of sp³-hybridized carbons (Fsp3) is 0.400. The van der Waals surface area contributed by atoms with E-state index in [0.717, 1.165) is 25.9 Å². The number of carbonyl (C=O) groups excluding carboxylic acids is 2. The van der Waals surface area contributed by atoms with Crippen molar-refractivity contribution in [1.29, 1.82) is 0 Å². The number of nitrogens with zero attached hydrogens (tertiary/aromatic N) is 1. The van der Waals surface area contributed by atoms with E-state index in [2.05, 4.69) is 27.7 Å². The molecule has 0 aliphatic carbocycles. The third kappa shape index (κ3) is 8.57. The van der Waals surface area contributed by atoms with Gasteiger partial charge in [0, 0.05) is 13.5 Å². The zero-order valence-electron chi connectivity index (χ0n) is 22.8. The summed E-state index contributed by atoms with van der Waals surface area (Å²) in [5.41, 5.74) is -1.27. The van der Waals surface area contributed by atoms with Crippen LogP contribution in [-0.4, -0.2) is 36.3 Å². The molecule has 2 heterocycles. The van der Waals surface area contributed by atoms with Gasteiger partial charge >= 0.3 is 12.4 Å². The average Bonchev–Trinajstić information content (AvgIpc) is 3.39. The molecule has 1 aromatic heterocycles. The largest absolute Gasteiger partial charge is 0.416 e. The van der Waals surface area contributed by atoms with E-state index in [1.54, 1.807) is 11.4 Å². The van der Waals surface area contributed by atoms with Crippen molar-refractivity contribution in [3.63, 3.8) is 0 Å². The maximum Gasteiger partial charge on any atom is 0.416 e. The van der Waals surface area contributed by atoms with Crippen LogP contribution >= 0.6 is 11.3 Å². The van der Waals surface area contributed by atoms with Crippen molar-refractivity contribution in [2.75, 3.05) is 25.0 Å². The van der Waals surface area contributed by atoms with E-state index < -0.39 is 41.8 Å². The van der Waals surface area contributed by atoms with Gasteiger partial charge in [-0.05, 0) is 91.2 Å². The Labute approximate surface area is 243 Å². The predicted molar refractivity (Wildman–Crippen MR) is 149 cm³/mol. The van der Waals surface area contributed by atoms with Crippen LogP contribution in [0.3, 0.4) is 0 Å². The number of carbonyl (C=O) groups is 2. The molecule has 0 radical (unpaired) electrons. The monoisotopic (exact) mass is 611 g/mol. The minimum atomic E-state index is -4.98. The summed E-state index contributed by atoms with van der Waals surface area (Å²) in [6, 6.07) is 13.2. The van der Waals surface area contributed by atoms with Crippen molar-refractivity contribution in [3.8, 4) is 0 Å². The SMILES string of the molecule is CC(=O)Nc1cc(C(CCN2CCC(c3ccccc3)CC2)C(=O)NCc2cc(C(F)(F)F)cc(C(F)(F)F)c2)cs1. The molecule has 1 unspecified atom stereocenters. The molecule has 3 aromatic rings. The molecule has 226 valence electrons. The van der Waals surface area contributed by atoms with E-state index in [-0.39, 0.29) is 17.5 Å². The van der Waals surface area contributed by atoms with Crippen molar-refractivity contribution in [2.24, 2.45) is 0 Å². The quantitative estimate of drug-likeness (QED) is 0.248. The standard InChI is InChI=1S/C30H31F6N3O2S/c1-19(40)38-27-15-23(18-42-27)26(9-12-39-10-7-22(8-11-39)21-5-3-2-4-6-21)28(41)37-17-20-13-24(29(31,32)33)16-25(14-20)30(34,35)36/h2-6,13-16,18,22,26H,7-12,17H2,1H3,(H,37,41)(H,38,40). The predicted octanol–water partition coefficient (Wildman–Crippen LogP) is 7.41. The number of thiophene rings is 1. The number of amides is 2. The molecule has 12 heteroatoms. The van der Waals surface area contributed by atoms with Crippen molar-refractivity contribution in [1.82, 2.24) is 10.2 Å². The molecule has 1 aliphatic rings. The number of benzene rings is 2.